The highest BCUT2D eigenvalue weighted by Gasteiger charge is 2.28. The van der Waals surface area contributed by atoms with E-state index in [0.717, 1.165) is 30.0 Å². The van der Waals surface area contributed by atoms with Crippen LogP contribution < -0.4 is 15.2 Å². The minimum atomic E-state index is -0.167. The number of hydrogen-bond acceptors (Lipinski definition) is 8. The molecule has 1 saturated carbocycles. The van der Waals surface area contributed by atoms with Gasteiger partial charge in [-0.1, -0.05) is 43.3 Å². The van der Waals surface area contributed by atoms with Crippen molar-refractivity contribution >= 4 is 0 Å². The van der Waals surface area contributed by atoms with Crippen molar-refractivity contribution in [2.45, 2.75) is 57.8 Å². The first-order valence-corrected chi connectivity index (χ1v) is 11.8. The molecule has 8 heteroatoms. The summed E-state index contributed by atoms with van der Waals surface area (Å²) in [6.45, 7) is 6.48. The van der Waals surface area contributed by atoms with Crippen molar-refractivity contribution in [3.8, 4) is 23.2 Å². The average molecular weight is 472 g/mol. The van der Waals surface area contributed by atoms with Gasteiger partial charge in [0, 0.05) is 17.7 Å². The van der Waals surface area contributed by atoms with Crippen LogP contribution in [0.2, 0.25) is 0 Å². The monoisotopic (exact) mass is 471 g/mol. The summed E-state index contributed by atoms with van der Waals surface area (Å²) in [6.07, 6.45) is 3.76. The number of benzene rings is 2. The predicted molar refractivity (Wildman–Crippen MR) is 131 cm³/mol. The second-order valence-electron chi connectivity index (χ2n) is 9.45. The van der Waals surface area contributed by atoms with Crippen molar-refractivity contribution in [3.63, 3.8) is 0 Å². The molecule has 0 atom stereocenters. The summed E-state index contributed by atoms with van der Waals surface area (Å²) in [5.41, 5.74) is 8.82. The number of aromatic nitrogens is 4. The minimum absolute atomic E-state index is 0.167. The standard InChI is InChI=1S/C27H29N5O3/c1-17-30-26(35-32-17)25-29-13-12-21(31-25)16-33-22-8-4-18(5-9-22)27(2,3)19-6-10-23(11-7-19)34-24-14-20(28)15-24/h4-13,20,24H,14-16,28H2,1-3H3/t20-,24-. The number of rotatable bonds is 8. The van der Waals surface area contributed by atoms with E-state index in [1.807, 2.05) is 24.3 Å². The third-order valence-corrected chi connectivity index (χ3v) is 6.40. The molecule has 4 aromatic rings. The topological polar surface area (TPSA) is 109 Å². The van der Waals surface area contributed by atoms with Crippen LogP contribution in [0.5, 0.6) is 11.5 Å². The van der Waals surface area contributed by atoms with Crippen LogP contribution in [0, 0.1) is 6.92 Å². The van der Waals surface area contributed by atoms with E-state index in [1.54, 1.807) is 19.2 Å². The average Bonchev–Trinajstić information content (AvgIpc) is 3.29. The molecule has 0 spiro atoms. The van der Waals surface area contributed by atoms with Gasteiger partial charge in [-0.2, -0.15) is 4.98 Å². The van der Waals surface area contributed by atoms with Gasteiger partial charge in [-0.3, -0.25) is 0 Å². The lowest BCUT2D eigenvalue weighted by atomic mass is 9.78. The number of hydrogen-bond donors (Lipinski definition) is 1. The molecule has 2 aromatic heterocycles. The number of nitrogens with zero attached hydrogens (tertiary/aromatic N) is 4. The van der Waals surface area contributed by atoms with E-state index in [4.69, 9.17) is 19.7 Å². The third-order valence-electron chi connectivity index (χ3n) is 6.40. The van der Waals surface area contributed by atoms with Crippen molar-refractivity contribution in [2.75, 3.05) is 0 Å². The molecule has 2 heterocycles. The molecular formula is C27H29N5O3. The van der Waals surface area contributed by atoms with Gasteiger partial charge < -0.3 is 19.7 Å². The van der Waals surface area contributed by atoms with E-state index in [1.165, 1.54) is 11.1 Å². The van der Waals surface area contributed by atoms with Gasteiger partial charge in [-0.15, -0.1) is 0 Å². The zero-order valence-electron chi connectivity index (χ0n) is 20.1. The van der Waals surface area contributed by atoms with Crippen molar-refractivity contribution in [3.05, 3.63) is 83.4 Å². The maximum absolute atomic E-state index is 5.99. The van der Waals surface area contributed by atoms with Crippen LogP contribution in [0.4, 0.5) is 0 Å². The smallest absolute Gasteiger partial charge is 0.295 e. The Morgan fingerprint density at radius 2 is 1.60 bits per heavy atom. The first-order chi connectivity index (χ1) is 16.9. The van der Waals surface area contributed by atoms with Gasteiger partial charge in [0.15, 0.2) is 5.82 Å². The number of nitrogens with two attached hydrogens (primary N) is 1. The first kappa shape index (κ1) is 23.0. The molecule has 0 aliphatic heterocycles. The van der Waals surface area contributed by atoms with Gasteiger partial charge in [-0.25, -0.2) is 9.97 Å². The van der Waals surface area contributed by atoms with E-state index < -0.39 is 0 Å². The van der Waals surface area contributed by atoms with Gasteiger partial charge in [0.2, 0.25) is 5.82 Å². The summed E-state index contributed by atoms with van der Waals surface area (Å²) < 4.78 is 17.1. The zero-order chi connectivity index (χ0) is 24.4. The van der Waals surface area contributed by atoms with Crippen LogP contribution in [-0.2, 0) is 12.0 Å². The molecule has 0 unspecified atom stereocenters. The second-order valence-corrected chi connectivity index (χ2v) is 9.45. The van der Waals surface area contributed by atoms with Gasteiger partial charge in [0.05, 0.1) is 5.69 Å². The van der Waals surface area contributed by atoms with E-state index in [-0.39, 0.29) is 17.6 Å². The van der Waals surface area contributed by atoms with Gasteiger partial charge >= 0.3 is 0 Å². The summed E-state index contributed by atoms with van der Waals surface area (Å²) in [7, 11) is 0. The Bertz CT molecular complexity index is 1280. The molecule has 0 saturated heterocycles. The molecule has 1 fully saturated rings. The highest BCUT2D eigenvalue weighted by molar-refractivity contribution is 5.42. The Morgan fingerprint density at radius 1 is 0.943 bits per heavy atom. The minimum Gasteiger partial charge on any atom is -0.490 e. The van der Waals surface area contributed by atoms with Gasteiger partial charge in [-0.05, 0) is 61.2 Å². The number of ether oxygens (including phenoxy) is 2. The highest BCUT2D eigenvalue weighted by Crippen LogP contribution is 2.34. The summed E-state index contributed by atoms with van der Waals surface area (Å²) in [5, 5.41) is 3.78. The van der Waals surface area contributed by atoms with E-state index in [0.29, 0.717) is 24.1 Å². The van der Waals surface area contributed by atoms with Crippen LogP contribution in [0.25, 0.3) is 11.7 Å². The lowest BCUT2D eigenvalue weighted by Crippen LogP contribution is -2.43. The highest BCUT2D eigenvalue weighted by atomic mass is 16.5. The molecule has 0 bridgehead atoms. The fourth-order valence-corrected chi connectivity index (χ4v) is 4.10. The fourth-order valence-electron chi connectivity index (χ4n) is 4.10. The second kappa shape index (κ2) is 9.46. The summed E-state index contributed by atoms with van der Waals surface area (Å²) in [4.78, 5) is 12.8. The van der Waals surface area contributed by atoms with Crippen molar-refractivity contribution in [1.82, 2.24) is 20.1 Å². The van der Waals surface area contributed by atoms with Gasteiger partial charge in [0.1, 0.15) is 24.2 Å². The van der Waals surface area contributed by atoms with Gasteiger partial charge in [0.25, 0.3) is 5.89 Å². The fraction of sp³-hybridized carbons (Fsp3) is 0.333. The van der Waals surface area contributed by atoms with E-state index in [2.05, 4.69) is 58.2 Å². The van der Waals surface area contributed by atoms with E-state index >= 15 is 0 Å². The van der Waals surface area contributed by atoms with Crippen molar-refractivity contribution in [1.29, 1.82) is 0 Å². The summed E-state index contributed by atoms with van der Waals surface area (Å²) in [5.74, 6) is 2.88. The van der Waals surface area contributed by atoms with Crippen LogP contribution in [0.15, 0.2) is 65.3 Å². The van der Waals surface area contributed by atoms with Crippen molar-refractivity contribution < 1.29 is 14.0 Å². The van der Waals surface area contributed by atoms with Crippen LogP contribution in [0.3, 0.4) is 0 Å². The molecule has 8 nitrogen and oxygen atoms in total. The lowest BCUT2D eigenvalue weighted by Gasteiger charge is -2.33. The molecule has 0 radical (unpaired) electrons. The molecule has 0 amide bonds. The zero-order valence-corrected chi connectivity index (χ0v) is 20.1. The molecule has 35 heavy (non-hydrogen) atoms. The third kappa shape index (κ3) is 5.17. The van der Waals surface area contributed by atoms with E-state index in [9.17, 15) is 0 Å². The normalized spacial score (nSPS) is 17.6. The van der Waals surface area contributed by atoms with Crippen molar-refractivity contribution in [2.24, 2.45) is 5.73 Å². The summed E-state index contributed by atoms with van der Waals surface area (Å²) in [6, 6.07) is 18.6. The Labute approximate surface area is 204 Å². The Kier molecular flexibility index (Phi) is 6.21. The van der Waals surface area contributed by atoms with Crippen LogP contribution >= 0.6 is 0 Å². The molecule has 1 aliphatic rings. The van der Waals surface area contributed by atoms with Crippen LogP contribution in [0.1, 0.15) is 49.3 Å². The molecule has 180 valence electrons. The SMILES string of the molecule is Cc1noc(-c2nccc(COc3ccc(C(C)(C)c4ccc(O[C@H]5C[C@H](N)C5)cc4)cc3)n2)n1. The maximum atomic E-state index is 5.99. The largest absolute Gasteiger partial charge is 0.490 e. The van der Waals surface area contributed by atoms with Crippen LogP contribution in [-0.4, -0.2) is 32.3 Å². The molecular weight excluding hydrogens is 442 g/mol. The Hall–Kier alpha value is -3.78. The molecule has 1 aliphatic carbocycles. The quantitative estimate of drug-likeness (QED) is 0.397. The predicted octanol–water partition coefficient (Wildman–Crippen LogP) is 4.61. The lowest BCUT2D eigenvalue weighted by molar-refractivity contribution is 0.101. The molecule has 2 N–H and O–H groups in total. The molecule has 5 rings (SSSR count). The molecule has 2 aromatic carbocycles. The Balaban J connectivity index is 1.21. The number of aryl methyl sites for hydroxylation is 1. The Morgan fingerprint density at radius 3 is 2.20 bits per heavy atom. The summed E-state index contributed by atoms with van der Waals surface area (Å²) >= 11 is 0. The first-order valence-electron chi connectivity index (χ1n) is 11.8. The maximum Gasteiger partial charge on any atom is 0.295 e.